The Balaban J connectivity index is 2.21. The quantitative estimate of drug-likeness (QED) is 0.871. The molecule has 0 bridgehead atoms. The van der Waals surface area contributed by atoms with Gasteiger partial charge in [0.05, 0.1) is 12.2 Å². The number of nitrogens with zero attached hydrogens (tertiary/aromatic N) is 1. The molecule has 118 valence electrons. The largest absolute Gasteiger partial charge is 0.490 e. The van der Waals surface area contributed by atoms with E-state index in [2.05, 4.69) is 22.3 Å². The van der Waals surface area contributed by atoms with Crippen LogP contribution in [-0.4, -0.2) is 48.8 Å². The molecule has 0 radical (unpaired) electrons. The number of aliphatic hydroxyl groups is 1. The van der Waals surface area contributed by atoms with Crippen molar-refractivity contribution >= 4 is 0 Å². The maximum Gasteiger partial charge on any atom is 0.128 e. The second-order valence-electron chi connectivity index (χ2n) is 6.18. The van der Waals surface area contributed by atoms with Gasteiger partial charge in [0.1, 0.15) is 5.75 Å². The van der Waals surface area contributed by atoms with Crippen LogP contribution in [0, 0.1) is 13.8 Å². The number of rotatable bonds is 5. The molecular weight excluding hydrogens is 264 g/mol. The van der Waals surface area contributed by atoms with Crippen LogP contribution >= 0.6 is 0 Å². The van der Waals surface area contributed by atoms with E-state index >= 15 is 0 Å². The molecule has 1 atom stereocenters. The monoisotopic (exact) mass is 292 g/mol. The lowest BCUT2D eigenvalue weighted by atomic mass is 9.98. The van der Waals surface area contributed by atoms with Crippen molar-refractivity contribution in [3.63, 3.8) is 0 Å². The van der Waals surface area contributed by atoms with Gasteiger partial charge in [-0.25, -0.2) is 0 Å². The average molecular weight is 292 g/mol. The Morgan fingerprint density at radius 1 is 1.19 bits per heavy atom. The number of aryl methyl sites for hydroxylation is 2. The van der Waals surface area contributed by atoms with E-state index in [0.717, 1.165) is 48.6 Å². The molecule has 21 heavy (non-hydrogen) atoms. The lowest BCUT2D eigenvalue weighted by Crippen LogP contribution is -2.45. The third-order valence-corrected chi connectivity index (χ3v) is 3.94. The van der Waals surface area contributed by atoms with Crippen LogP contribution in [0.1, 0.15) is 36.6 Å². The summed E-state index contributed by atoms with van der Waals surface area (Å²) in [5, 5.41) is 14.1. The fourth-order valence-electron chi connectivity index (χ4n) is 2.84. The van der Waals surface area contributed by atoms with Crippen LogP contribution in [0.2, 0.25) is 0 Å². The van der Waals surface area contributed by atoms with Gasteiger partial charge in [0, 0.05) is 38.3 Å². The molecule has 1 heterocycles. The van der Waals surface area contributed by atoms with Gasteiger partial charge in [0.2, 0.25) is 0 Å². The van der Waals surface area contributed by atoms with Crippen molar-refractivity contribution < 1.29 is 9.84 Å². The van der Waals surface area contributed by atoms with Crippen LogP contribution < -0.4 is 10.1 Å². The number of hydrogen-bond acceptors (Lipinski definition) is 4. The molecule has 4 nitrogen and oxygen atoms in total. The zero-order valence-electron chi connectivity index (χ0n) is 13.6. The first-order chi connectivity index (χ1) is 9.99. The zero-order valence-corrected chi connectivity index (χ0v) is 13.6. The van der Waals surface area contributed by atoms with Gasteiger partial charge in [-0.15, -0.1) is 0 Å². The predicted octanol–water partition coefficient (Wildman–Crippen LogP) is 2.03. The first-order valence-corrected chi connectivity index (χ1v) is 7.87. The maximum atomic E-state index is 10.7. The molecular formula is C17H28N2O2. The number of β-amino-alcohol motifs (C(OH)–C–C–N with tert-alkyl or cyclic N) is 1. The molecule has 4 heteroatoms. The number of benzene rings is 1. The van der Waals surface area contributed by atoms with Crippen molar-refractivity contribution in [3.05, 3.63) is 28.8 Å². The van der Waals surface area contributed by atoms with Crippen LogP contribution in [-0.2, 0) is 0 Å². The fraction of sp³-hybridized carbons (Fsp3) is 0.647. The van der Waals surface area contributed by atoms with E-state index in [1.807, 2.05) is 27.7 Å². The van der Waals surface area contributed by atoms with Crippen LogP contribution in [0.25, 0.3) is 0 Å². The molecule has 1 aliphatic rings. The SMILES string of the molecule is Cc1ccc(C)c(C(O)CN2CCNCC2)c1OC(C)C. The summed E-state index contributed by atoms with van der Waals surface area (Å²) in [6.45, 7) is 12.8. The molecule has 1 aromatic rings. The summed E-state index contributed by atoms with van der Waals surface area (Å²) in [6, 6.07) is 4.13. The highest BCUT2D eigenvalue weighted by Gasteiger charge is 2.22. The summed E-state index contributed by atoms with van der Waals surface area (Å²) in [5.41, 5.74) is 3.13. The Bertz CT molecular complexity index is 468. The minimum Gasteiger partial charge on any atom is -0.490 e. The van der Waals surface area contributed by atoms with E-state index in [-0.39, 0.29) is 6.10 Å². The number of aliphatic hydroxyl groups excluding tert-OH is 1. The summed E-state index contributed by atoms with van der Waals surface area (Å²) in [4.78, 5) is 2.31. The predicted molar refractivity (Wildman–Crippen MR) is 85.9 cm³/mol. The first-order valence-electron chi connectivity index (χ1n) is 7.87. The lowest BCUT2D eigenvalue weighted by Gasteiger charge is -2.30. The normalized spacial score (nSPS) is 18.0. The molecule has 0 amide bonds. The first kappa shape index (κ1) is 16.3. The van der Waals surface area contributed by atoms with Gasteiger partial charge in [-0.1, -0.05) is 12.1 Å². The van der Waals surface area contributed by atoms with Crippen molar-refractivity contribution in [2.24, 2.45) is 0 Å². The highest BCUT2D eigenvalue weighted by molar-refractivity contribution is 5.47. The Kier molecular flexibility index (Phi) is 5.62. The van der Waals surface area contributed by atoms with Gasteiger partial charge in [-0.2, -0.15) is 0 Å². The topological polar surface area (TPSA) is 44.7 Å². The zero-order chi connectivity index (χ0) is 15.4. The van der Waals surface area contributed by atoms with Gasteiger partial charge in [0.25, 0.3) is 0 Å². The van der Waals surface area contributed by atoms with Gasteiger partial charge in [0.15, 0.2) is 0 Å². The summed E-state index contributed by atoms with van der Waals surface area (Å²) in [5.74, 6) is 0.854. The molecule has 0 spiro atoms. The second-order valence-corrected chi connectivity index (χ2v) is 6.18. The highest BCUT2D eigenvalue weighted by Crippen LogP contribution is 2.33. The summed E-state index contributed by atoms with van der Waals surface area (Å²) >= 11 is 0. The number of nitrogens with one attached hydrogen (secondary N) is 1. The Labute approximate surface area is 128 Å². The van der Waals surface area contributed by atoms with E-state index < -0.39 is 6.10 Å². The van der Waals surface area contributed by atoms with Gasteiger partial charge >= 0.3 is 0 Å². The minimum absolute atomic E-state index is 0.107. The van der Waals surface area contributed by atoms with Crippen LogP contribution in [0.15, 0.2) is 12.1 Å². The summed E-state index contributed by atoms with van der Waals surface area (Å²) in [7, 11) is 0. The minimum atomic E-state index is -0.503. The van der Waals surface area contributed by atoms with E-state index in [1.54, 1.807) is 0 Å². The lowest BCUT2D eigenvalue weighted by molar-refractivity contribution is 0.100. The van der Waals surface area contributed by atoms with E-state index in [0.29, 0.717) is 6.54 Å². The molecule has 1 saturated heterocycles. The number of ether oxygens (including phenoxy) is 1. The molecule has 0 aliphatic carbocycles. The Morgan fingerprint density at radius 3 is 2.43 bits per heavy atom. The maximum absolute atomic E-state index is 10.7. The van der Waals surface area contributed by atoms with Gasteiger partial charge in [-0.3, -0.25) is 4.90 Å². The van der Waals surface area contributed by atoms with E-state index in [9.17, 15) is 5.11 Å². The van der Waals surface area contributed by atoms with Crippen molar-refractivity contribution in [2.75, 3.05) is 32.7 Å². The molecule has 1 fully saturated rings. The molecule has 2 rings (SSSR count). The molecule has 1 aromatic carbocycles. The van der Waals surface area contributed by atoms with Gasteiger partial charge in [-0.05, 0) is 38.8 Å². The van der Waals surface area contributed by atoms with Crippen molar-refractivity contribution in [1.82, 2.24) is 10.2 Å². The fourth-order valence-corrected chi connectivity index (χ4v) is 2.84. The summed E-state index contributed by atoms with van der Waals surface area (Å²) < 4.78 is 5.98. The third-order valence-electron chi connectivity index (χ3n) is 3.94. The standard InChI is InChI=1S/C17H28N2O2/c1-12(2)21-17-14(4)6-5-13(3)16(17)15(20)11-19-9-7-18-8-10-19/h5-6,12,15,18,20H,7-11H2,1-4H3. The van der Waals surface area contributed by atoms with Gasteiger partial charge < -0.3 is 15.2 Å². The van der Waals surface area contributed by atoms with Crippen molar-refractivity contribution in [3.8, 4) is 5.75 Å². The average Bonchev–Trinajstić information content (AvgIpc) is 2.43. The molecule has 1 unspecified atom stereocenters. The van der Waals surface area contributed by atoms with Crippen LogP contribution in [0.3, 0.4) is 0 Å². The third kappa shape index (κ3) is 4.19. The molecule has 0 saturated carbocycles. The van der Waals surface area contributed by atoms with Crippen molar-refractivity contribution in [1.29, 1.82) is 0 Å². The smallest absolute Gasteiger partial charge is 0.128 e. The molecule has 2 N–H and O–H groups in total. The Hall–Kier alpha value is -1.10. The van der Waals surface area contributed by atoms with Crippen LogP contribution in [0.4, 0.5) is 0 Å². The van der Waals surface area contributed by atoms with Crippen molar-refractivity contribution in [2.45, 2.75) is 39.9 Å². The number of piperazine rings is 1. The van der Waals surface area contributed by atoms with E-state index in [4.69, 9.17) is 4.74 Å². The molecule has 0 aromatic heterocycles. The molecule has 1 aliphatic heterocycles. The number of hydrogen-bond donors (Lipinski definition) is 2. The second kappa shape index (κ2) is 7.25. The van der Waals surface area contributed by atoms with Crippen LogP contribution in [0.5, 0.6) is 5.75 Å². The highest BCUT2D eigenvalue weighted by atomic mass is 16.5. The van der Waals surface area contributed by atoms with E-state index in [1.165, 1.54) is 0 Å². The summed E-state index contributed by atoms with van der Waals surface area (Å²) in [6.07, 6.45) is -0.396. The Morgan fingerprint density at radius 2 is 1.81 bits per heavy atom.